The lowest BCUT2D eigenvalue weighted by atomic mass is 9.82. The van der Waals surface area contributed by atoms with Crippen molar-refractivity contribution >= 4 is 55.4 Å². The molecule has 0 spiro atoms. The van der Waals surface area contributed by atoms with Crippen molar-refractivity contribution in [2.45, 2.75) is 30.8 Å². The summed E-state index contributed by atoms with van der Waals surface area (Å²) in [4.78, 5) is 26.9. The molecule has 3 atom stereocenters. The van der Waals surface area contributed by atoms with E-state index in [0.717, 1.165) is 54.7 Å². The van der Waals surface area contributed by atoms with Gasteiger partial charge in [-0.1, -0.05) is 36.4 Å². The van der Waals surface area contributed by atoms with Gasteiger partial charge in [-0.15, -0.1) is 0 Å². The van der Waals surface area contributed by atoms with Crippen LogP contribution in [0.2, 0.25) is 0 Å². The van der Waals surface area contributed by atoms with Gasteiger partial charge in [0, 0.05) is 40.7 Å². The molecule has 0 aliphatic carbocycles. The lowest BCUT2D eigenvalue weighted by Crippen LogP contribution is -2.67. The van der Waals surface area contributed by atoms with Gasteiger partial charge in [-0.05, 0) is 24.6 Å². The number of nitrogens with zero attached hydrogens (tertiary/aromatic N) is 2. The maximum atomic E-state index is 13.7. The molecule has 4 N–H and O–H groups in total. The largest absolute Gasteiger partial charge is 0.357 e. The summed E-state index contributed by atoms with van der Waals surface area (Å²) in [5.74, 6) is -0.346. The van der Waals surface area contributed by atoms with E-state index in [4.69, 9.17) is 10.5 Å². The molecular formula is C27H23N5O3. The highest BCUT2D eigenvalue weighted by molar-refractivity contribution is 6.31. The molecule has 1 saturated heterocycles. The van der Waals surface area contributed by atoms with Gasteiger partial charge in [-0.25, -0.2) is 0 Å². The van der Waals surface area contributed by atoms with Crippen LogP contribution in [0.5, 0.6) is 0 Å². The van der Waals surface area contributed by atoms with Crippen LogP contribution in [0.25, 0.3) is 43.6 Å². The normalized spacial score (nSPS) is 26.7. The molecule has 1 unspecified atom stereocenters. The van der Waals surface area contributed by atoms with Crippen LogP contribution < -0.4 is 16.4 Å². The molecule has 0 saturated carbocycles. The van der Waals surface area contributed by atoms with Gasteiger partial charge in [0.2, 0.25) is 5.91 Å². The molecule has 2 bridgehead atoms. The maximum absolute atomic E-state index is 13.7. The van der Waals surface area contributed by atoms with Gasteiger partial charge < -0.3 is 30.2 Å². The number of hydrogen-bond acceptors (Lipinski definition) is 4. The Labute approximate surface area is 199 Å². The van der Waals surface area contributed by atoms with Gasteiger partial charge in [0.15, 0.2) is 11.3 Å². The second-order valence-electron chi connectivity index (χ2n) is 9.98. The molecule has 35 heavy (non-hydrogen) atoms. The van der Waals surface area contributed by atoms with Crippen LogP contribution in [0.4, 0.5) is 0 Å². The number of rotatable bonds is 1. The van der Waals surface area contributed by atoms with Crippen molar-refractivity contribution < 1.29 is 14.3 Å². The SMILES string of the molecule is CNC(=O)[C@@]1(N)C2CO[C@]1(C)n1c3ccccc3c3c4c(c5c6ccccc6n2c5c31)C(=O)NC4. The number of nitrogens with one attached hydrogen (secondary N) is 2. The third kappa shape index (κ3) is 1.83. The Bertz CT molecular complexity index is 1830. The quantitative estimate of drug-likeness (QED) is 0.354. The molecule has 0 radical (unpaired) electrons. The number of carbonyl (C=O) groups excluding carboxylic acids is 2. The van der Waals surface area contributed by atoms with Crippen LogP contribution in [-0.2, 0) is 21.8 Å². The highest BCUT2D eigenvalue weighted by Crippen LogP contribution is 2.56. The van der Waals surface area contributed by atoms with E-state index in [9.17, 15) is 9.59 Å². The van der Waals surface area contributed by atoms with E-state index in [1.165, 1.54) is 0 Å². The summed E-state index contributed by atoms with van der Waals surface area (Å²) in [5, 5.41) is 9.81. The van der Waals surface area contributed by atoms with Gasteiger partial charge in [0.05, 0.1) is 34.8 Å². The zero-order valence-corrected chi connectivity index (χ0v) is 19.3. The van der Waals surface area contributed by atoms with E-state index in [2.05, 4.69) is 25.8 Å². The van der Waals surface area contributed by atoms with Crippen molar-refractivity contribution in [3.63, 3.8) is 0 Å². The standard InChI is InChI=1S/C27H23N5O3/c1-26-27(28,25(34)29-2)18(12-35-26)31-16-9-5-3-7-13(16)20-21-15(11-30-24(21)33)19-14-8-4-6-10-17(14)32(26)23(19)22(20)31/h3-10,18H,11-12,28H2,1-2H3,(H,29,34)(H,30,33)/t18?,26-,27-/m0/s1. The molecule has 8 heteroatoms. The lowest BCUT2D eigenvalue weighted by molar-refractivity contribution is -0.140. The molecule has 8 rings (SSSR count). The zero-order chi connectivity index (χ0) is 23.9. The molecule has 3 aliphatic heterocycles. The number of fused-ring (bicyclic) bond motifs is 13. The van der Waals surface area contributed by atoms with E-state index in [0.29, 0.717) is 6.54 Å². The van der Waals surface area contributed by atoms with Crippen LogP contribution in [0, 0.1) is 0 Å². The van der Waals surface area contributed by atoms with Crippen molar-refractivity contribution in [1.82, 2.24) is 19.8 Å². The summed E-state index contributed by atoms with van der Waals surface area (Å²) in [7, 11) is 1.61. The van der Waals surface area contributed by atoms with Crippen LogP contribution in [0.1, 0.15) is 28.9 Å². The zero-order valence-electron chi connectivity index (χ0n) is 19.3. The van der Waals surface area contributed by atoms with E-state index in [-0.39, 0.29) is 18.4 Å². The minimum atomic E-state index is -1.41. The number of para-hydroxylation sites is 2. The molecule has 8 nitrogen and oxygen atoms in total. The second-order valence-corrected chi connectivity index (χ2v) is 9.98. The predicted molar refractivity (Wildman–Crippen MR) is 133 cm³/mol. The van der Waals surface area contributed by atoms with Crippen LogP contribution >= 0.6 is 0 Å². The van der Waals surface area contributed by atoms with Crippen molar-refractivity contribution in [2.24, 2.45) is 5.73 Å². The Morgan fingerprint density at radius 3 is 2.51 bits per heavy atom. The highest BCUT2D eigenvalue weighted by atomic mass is 16.5. The summed E-state index contributed by atoms with van der Waals surface area (Å²) in [5.41, 5.74) is 10.1. The fraction of sp³-hybridized carbons (Fsp3) is 0.259. The van der Waals surface area contributed by atoms with Crippen molar-refractivity contribution in [3.8, 4) is 0 Å². The summed E-state index contributed by atoms with van der Waals surface area (Å²) in [6.07, 6.45) is 0. The second kappa shape index (κ2) is 5.84. The van der Waals surface area contributed by atoms with Crippen LogP contribution in [0.3, 0.4) is 0 Å². The van der Waals surface area contributed by atoms with Crippen molar-refractivity contribution in [1.29, 1.82) is 0 Å². The number of ether oxygens (including phenoxy) is 1. The first-order valence-corrected chi connectivity index (χ1v) is 11.9. The highest BCUT2D eigenvalue weighted by Gasteiger charge is 2.66. The smallest absolute Gasteiger partial charge is 0.252 e. The summed E-state index contributed by atoms with van der Waals surface area (Å²) in [6, 6.07) is 15.7. The molecule has 3 aromatic carbocycles. The fourth-order valence-electron chi connectivity index (χ4n) is 7.14. The number of aromatic nitrogens is 2. The molecule has 174 valence electrons. The van der Waals surface area contributed by atoms with Crippen LogP contribution in [-0.4, -0.2) is 40.1 Å². The monoisotopic (exact) mass is 465 g/mol. The van der Waals surface area contributed by atoms with Crippen LogP contribution in [0.15, 0.2) is 48.5 Å². The third-order valence-corrected chi connectivity index (χ3v) is 8.67. The first-order valence-electron chi connectivity index (χ1n) is 11.9. The van der Waals surface area contributed by atoms with Gasteiger partial charge >= 0.3 is 0 Å². The third-order valence-electron chi connectivity index (χ3n) is 8.67. The van der Waals surface area contributed by atoms with Gasteiger partial charge in [0.25, 0.3) is 5.91 Å². The number of benzene rings is 3. The predicted octanol–water partition coefficient (Wildman–Crippen LogP) is 2.85. The molecular weight excluding hydrogens is 442 g/mol. The number of nitrogens with two attached hydrogens (primary N) is 1. The van der Waals surface area contributed by atoms with E-state index >= 15 is 0 Å². The van der Waals surface area contributed by atoms with Gasteiger partial charge in [-0.3, -0.25) is 9.59 Å². The molecule has 2 aromatic heterocycles. The molecule has 2 amide bonds. The first kappa shape index (κ1) is 19.4. The van der Waals surface area contributed by atoms with E-state index in [1.807, 2.05) is 49.4 Å². The van der Waals surface area contributed by atoms with Gasteiger partial charge in [0.1, 0.15) is 0 Å². The van der Waals surface area contributed by atoms with E-state index < -0.39 is 17.3 Å². The topological polar surface area (TPSA) is 103 Å². The number of likely N-dealkylation sites (N-methyl/N-ethyl adjacent to an activating group) is 1. The maximum Gasteiger partial charge on any atom is 0.252 e. The Balaban J connectivity index is 1.77. The number of amides is 2. The van der Waals surface area contributed by atoms with Crippen molar-refractivity contribution in [3.05, 3.63) is 59.7 Å². The average Bonchev–Trinajstić information content (AvgIpc) is 3.57. The van der Waals surface area contributed by atoms with Gasteiger partial charge in [-0.2, -0.15) is 0 Å². The Hall–Kier alpha value is -3.88. The molecule has 3 aliphatic rings. The number of hydrogen-bond donors (Lipinski definition) is 3. The van der Waals surface area contributed by atoms with Crippen molar-refractivity contribution in [2.75, 3.05) is 13.7 Å². The summed E-state index contributed by atoms with van der Waals surface area (Å²) < 4.78 is 10.9. The van der Waals surface area contributed by atoms with E-state index in [1.54, 1.807) is 7.05 Å². The Morgan fingerprint density at radius 2 is 1.77 bits per heavy atom. The lowest BCUT2D eigenvalue weighted by Gasteiger charge is -2.41. The Morgan fingerprint density at radius 1 is 1.09 bits per heavy atom. The molecule has 5 aromatic rings. The fourth-order valence-corrected chi connectivity index (χ4v) is 7.14. The summed E-state index contributed by atoms with van der Waals surface area (Å²) >= 11 is 0. The number of carbonyl (C=O) groups is 2. The molecule has 1 fully saturated rings. The minimum Gasteiger partial charge on any atom is -0.357 e. The molecule has 5 heterocycles. The average molecular weight is 466 g/mol. The first-order chi connectivity index (χ1) is 16.9. The Kier molecular flexibility index (Phi) is 3.24. The minimum absolute atomic E-state index is 0.0659. The summed E-state index contributed by atoms with van der Waals surface area (Å²) in [6.45, 7) is 2.65.